The van der Waals surface area contributed by atoms with Crippen LogP contribution in [0, 0.1) is 0 Å². The van der Waals surface area contributed by atoms with Crippen LogP contribution in [0.3, 0.4) is 0 Å². The molecule has 1 saturated heterocycles. The van der Waals surface area contributed by atoms with Crippen molar-refractivity contribution in [2.24, 2.45) is 0 Å². The van der Waals surface area contributed by atoms with Crippen LogP contribution >= 0.6 is 22.9 Å². The number of nitrogens with zero attached hydrogens (tertiary/aromatic N) is 3. The predicted molar refractivity (Wildman–Crippen MR) is 115 cm³/mol. The lowest BCUT2D eigenvalue weighted by molar-refractivity contribution is -0.117. The maximum atomic E-state index is 12.7. The SMILES string of the molecule is O=C(CN1CCN(S(=O)(=O)c2ccc(Cl)s2)CC1)Nc1cccc2ncccc12. The van der Waals surface area contributed by atoms with E-state index in [4.69, 9.17) is 11.6 Å². The Hall–Kier alpha value is -2.04. The van der Waals surface area contributed by atoms with Gasteiger partial charge in [-0.05, 0) is 36.4 Å². The van der Waals surface area contributed by atoms with E-state index in [1.54, 1.807) is 12.3 Å². The van der Waals surface area contributed by atoms with Crippen LogP contribution in [0.15, 0.2) is 52.9 Å². The van der Waals surface area contributed by atoms with Crippen molar-refractivity contribution in [2.45, 2.75) is 4.21 Å². The minimum Gasteiger partial charge on any atom is -0.324 e. The smallest absolute Gasteiger partial charge is 0.252 e. The Bertz CT molecular complexity index is 1140. The number of carbonyl (C=O) groups is 1. The number of halogens is 1. The minimum atomic E-state index is -3.53. The molecule has 0 radical (unpaired) electrons. The highest BCUT2D eigenvalue weighted by Crippen LogP contribution is 2.28. The monoisotopic (exact) mass is 450 g/mol. The average molecular weight is 451 g/mol. The highest BCUT2D eigenvalue weighted by Gasteiger charge is 2.30. The summed E-state index contributed by atoms with van der Waals surface area (Å²) in [5.74, 6) is -0.136. The van der Waals surface area contributed by atoms with Gasteiger partial charge in [-0.1, -0.05) is 17.7 Å². The lowest BCUT2D eigenvalue weighted by atomic mass is 10.2. The largest absolute Gasteiger partial charge is 0.324 e. The molecule has 152 valence electrons. The summed E-state index contributed by atoms with van der Waals surface area (Å²) >= 11 is 6.92. The third kappa shape index (κ3) is 4.44. The molecule has 1 amide bonds. The number of amides is 1. The van der Waals surface area contributed by atoms with E-state index in [0.29, 0.717) is 30.5 Å². The van der Waals surface area contributed by atoms with Crippen molar-refractivity contribution < 1.29 is 13.2 Å². The third-order valence-corrected chi connectivity index (χ3v) is 8.36. The maximum Gasteiger partial charge on any atom is 0.252 e. The number of hydrogen-bond acceptors (Lipinski definition) is 6. The molecule has 0 atom stereocenters. The van der Waals surface area contributed by atoms with E-state index in [-0.39, 0.29) is 16.7 Å². The lowest BCUT2D eigenvalue weighted by Gasteiger charge is -2.33. The molecule has 0 unspecified atom stereocenters. The van der Waals surface area contributed by atoms with Crippen LogP contribution in [-0.2, 0) is 14.8 Å². The van der Waals surface area contributed by atoms with Gasteiger partial charge in [0.2, 0.25) is 5.91 Å². The Morgan fingerprint density at radius 3 is 2.62 bits per heavy atom. The van der Waals surface area contributed by atoms with Gasteiger partial charge in [-0.3, -0.25) is 14.7 Å². The first-order valence-corrected chi connectivity index (χ1v) is 11.7. The molecule has 0 saturated carbocycles. The molecule has 0 aliphatic carbocycles. The molecule has 2 aromatic heterocycles. The molecule has 29 heavy (non-hydrogen) atoms. The molecule has 1 aromatic carbocycles. The topological polar surface area (TPSA) is 82.6 Å². The van der Waals surface area contributed by atoms with Crippen molar-refractivity contribution in [3.05, 3.63) is 53.0 Å². The van der Waals surface area contributed by atoms with Gasteiger partial charge in [0.15, 0.2) is 0 Å². The van der Waals surface area contributed by atoms with Crippen LogP contribution < -0.4 is 5.32 Å². The number of benzene rings is 1. The summed E-state index contributed by atoms with van der Waals surface area (Å²) in [4.78, 5) is 18.8. The number of carbonyl (C=O) groups excluding carboxylic acids is 1. The summed E-state index contributed by atoms with van der Waals surface area (Å²) in [6, 6.07) is 12.5. The molecule has 1 aliphatic rings. The predicted octanol–water partition coefficient (Wildman–Crippen LogP) is 2.89. The van der Waals surface area contributed by atoms with E-state index in [0.717, 1.165) is 27.9 Å². The van der Waals surface area contributed by atoms with Crippen LogP contribution in [0.2, 0.25) is 4.34 Å². The zero-order chi connectivity index (χ0) is 20.4. The molecule has 3 aromatic rings. The van der Waals surface area contributed by atoms with Crippen molar-refractivity contribution >= 4 is 55.5 Å². The third-order valence-electron chi connectivity index (χ3n) is 4.76. The Labute approximate surface area is 178 Å². The zero-order valence-corrected chi connectivity index (χ0v) is 17.8. The summed E-state index contributed by atoms with van der Waals surface area (Å²) < 4.78 is 27.5. The number of sulfonamides is 1. The van der Waals surface area contributed by atoms with Crippen LogP contribution in [-0.4, -0.2) is 61.2 Å². The Morgan fingerprint density at radius 2 is 1.90 bits per heavy atom. The lowest BCUT2D eigenvalue weighted by Crippen LogP contribution is -2.50. The number of aromatic nitrogens is 1. The van der Waals surface area contributed by atoms with Crippen molar-refractivity contribution in [3.8, 4) is 0 Å². The second-order valence-electron chi connectivity index (χ2n) is 6.66. The van der Waals surface area contributed by atoms with Crippen molar-refractivity contribution in [2.75, 3.05) is 38.0 Å². The number of pyridine rings is 1. The molecule has 1 fully saturated rings. The fourth-order valence-corrected chi connectivity index (χ4v) is 6.36. The van der Waals surface area contributed by atoms with Gasteiger partial charge in [0.05, 0.1) is 22.1 Å². The molecule has 0 bridgehead atoms. The van der Waals surface area contributed by atoms with Gasteiger partial charge in [0.1, 0.15) is 4.21 Å². The number of hydrogen-bond donors (Lipinski definition) is 1. The van der Waals surface area contributed by atoms with E-state index in [1.807, 2.05) is 35.2 Å². The number of rotatable bonds is 5. The second kappa shape index (κ2) is 8.37. The maximum absolute atomic E-state index is 12.7. The van der Waals surface area contributed by atoms with E-state index in [1.165, 1.54) is 10.4 Å². The number of piperazine rings is 1. The molecular weight excluding hydrogens is 432 g/mol. The Balaban J connectivity index is 1.35. The van der Waals surface area contributed by atoms with Gasteiger partial charge in [-0.15, -0.1) is 11.3 Å². The quantitative estimate of drug-likeness (QED) is 0.646. The Morgan fingerprint density at radius 1 is 1.10 bits per heavy atom. The molecule has 1 N–H and O–H groups in total. The van der Waals surface area contributed by atoms with Gasteiger partial charge in [0, 0.05) is 37.8 Å². The average Bonchev–Trinajstić information content (AvgIpc) is 3.16. The molecule has 4 rings (SSSR count). The van der Waals surface area contributed by atoms with Gasteiger partial charge >= 0.3 is 0 Å². The van der Waals surface area contributed by atoms with Crippen LogP contribution in [0.1, 0.15) is 0 Å². The highest BCUT2D eigenvalue weighted by atomic mass is 35.5. The van der Waals surface area contributed by atoms with Crippen LogP contribution in [0.25, 0.3) is 10.9 Å². The van der Waals surface area contributed by atoms with Crippen LogP contribution in [0.4, 0.5) is 5.69 Å². The van der Waals surface area contributed by atoms with E-state index >= 15 is 0 Å². The molecule has 10 heteroatoms. The summed E-state index contributed by atoms with van der Waals surface area (Å²) in [5, 5.41) is 3.82. The molecule has 3 heterocycles. The van der Waals surface area contributed by atoms with Gasteiger partial charge in [-0.2, -0.15) is 4.31 Å². The van der Waals surface area contributed by atoms with Crippen molar-refractivity contribution in [1.29, 1.82) is 0 Å². The summed E-state index contributed by atoms with van der Waals surface area (Å²) in [6.07, 6.45) is 1.71. The first-order chi connectivity index (χ1) is 13.9. The van der Waals surface area contributed by atoms with Crippen molar-refractivity contribution in [3.63, 3.8) is 0 Å². The summed E-state index contributed by atoms with van der Waals surface area (Å²) in [6.45, 7) is 1.85. The molecule has 0 spiro atoms. The van der Waals surface area contributed by atoms with E-state index in [2.05, 4.69) is 10.3 Å². The fourth-order valence-electron chi connectivity index (χ4n) is 3.30. The second-order valence-corrected chi connectivity index (χ2v) is 10.5. The van der Waals surface area contributed by atoms with Gasteiger partial charge in [-0.25, -0.2) is 8.42 Å². The number of thiophene rings is 1. The van der Waals surface area contributed by atoms with Crippen LogP contribution in [0.5, 0.6) is 0 Å². The Kier molecular flexibility index (Phi) is 5.84. The van der Waals surface area contributed by atoms with E-state index < -0.39 is 10.0 Å². The molecular formula is C19H19ClN4O3S2. The normalized spacial score (nSPS) is 16.2. The van der Waals surface area contributed by atoms with Gasteiger partial charge < -0.3 is 5.32 Å². The summed E-state index contributed by atoms with van der Waals surface area (Å²) in [5.41, 5.74) is 1.54. The standard InChI is InChI=1S/C19H19ClN4O3S2/c20-17-6-7-19(28-17)29(26,27)24-11-9-23(10-12-24)13-18(25)22-16-5-1-4-15-14(16)3-2-8-21-15/h1-8H,9-13H2,(H,22,25). The van der Waals surface area contributed by atoms with E-state index in [9.17, 15) is 13.2 Å². The number of anilines is 1. The number of nitrogens with one attached hydrogen (secondary N) is 1. The summed E-state index contributed by atoms with van der Waals surface area (Å²) in [7, 11) is -3.53. The van der Waals surface area contributed by atoms with Crippen molar-refractivity contribution in [1.82, 2.24) is 14.2 Å². The first kappa shape index (κ1) is 20.2. The zero-order valence-electron chi connectivity index (χ0n) is 15.4. The minimum absolute atomic E-state index is 0.136. The first-order valence-electron chi connectivity index (χ1n) is 9.05. The molecule has 1 aliphatic heterocycles. The highest BCUT2D eigenvalue weighted by molar-refractivity contribution is 7.91. The van der Waals surface area contributed by atoms with Gasteiger partial charge in [0.25, 0.3) is 10.0 Å². The molecule has 7 nitrogen and oxygen atoms in total. The fraction of sp³-hybridized carbons (Fsp3) is 0.263. The number of fused-ring (bicyclic) bond motifs is 1.